The van der Waals surface area contributed by atoms with Crippen LogP contribution >= 0.6 is 0 Å². The van der Waals surface area contributed by atoms with Gasteiger partial charge < -0.3 is 10.8 Å². The molecule has 1 aliphatic carbocycles. The van der Waals surface area contributed by atoms with Crippen LogP contribution in [0.15, 0.2) is 0 Å². The first-order valence-electron chi connectivity index (χ1n) is 4.75. The fourth-order valence-electron chi connectivity index (χ4n) is 2.46. The lowest BCUT2D eigenvalue weighted by Crippen LogP contribution is -2.61. The molecule has 72 valence electrons. The summed E-state index contributed by atoms with van der Waals surface area (Å²) in [5.74, 6) is 0.367. The van der Waals surface area contributed by atoms with Crippen LogP contribution in [0.5, 0.6) is 0 Å². The molecule has 0 spiro atoms. The van der Waals surface area contributed by atoms with Crippen molar-refractivity contribution in [2.45, 2.75) is 52.2 Å². The molecule has 1 fully saturated rings. The minimum Gasteiger partial charge on any atom is -0.388 e. The van der Waals surface area contributed by atoms with E-state index in [-0.39, 0.29) is 6.04 Å². The van der Waals surface area contributed by atoms with Gasteiger partial charge in [-0.1, -0.05) is 27.7 Å². The molecule has 0 radical (unpaired) electrons. The van der Waals surface area contributed by atoms with Crippen molar-refractivity contribution < 1.29 is 5.11 Å². The van der Waals surface area contributed by atoms with Crippen LogP contribution in [0.4, 0.5) is 0 Å². The van der Waals surface area contributed by atoms with E-state index in [1.165, 1.54) is 0 Å². The molecule has 0 bridgehead atoms. The minimum absolute atomic E-state index is 0.0643. The molecule has 0 amide bonds. The third-order valence-corrected chi connectivity index (χ3v) is 2.91. The molecule has 0 heterocycles. The number of rotatable bonds is 2. The van der Waals surface area contributed by atoms with Gasteiger partial charge >= 0.3 is 0 Å². The van der Waals surface area contributed by atoms with E-state index < -0.39 is 5.60 Å². The Labute approximate surface area is 75.2 Å². The van der Waals surface area contributed by atoms with E-state index in [0.29, 0.717) is 11.3 Å². The third-order valence-electron chi connectivity index (χ3n) is 2.91. The molecule has 1 atom stereocenters. The van der Waals surface area contributed by atoms with Gasteiger partial charge in [-0.3, -0.25) is 0 Å². The van der Waals surface area contributed by atoms with Crippen LogP contribution in [-0.4, -0.2) is 16.7 Å². The molecule has 1 rings (SSSR count). The Morgan fingerprint density at radius 3 is 1.92 bits per heavy atom. The SMILES string of the molecule is CC(C)C(N)C1(O)CC(C)(C)C1. The van der Waals surface area contributed by atoms with E-state index in [0.717, 1.165) is 12.8 Å². The summed E-state index contributed by atoms with van der Waals surface area (Å²) >= 11 is 0. The zero-order chi connectivity index (χ0) is 9.57. The second-order valence-corrected chi connectivity index (χ2v) is 5.39. The van der Waals surface area contributed by atoms with Gasteiger partial charge in [-0.2, -0.15) is 0 Å². The van der Waals surface area contributed by atoms with Gasteiger partial charge in [-0.05, 0) is 24.2 Å². The zero-order valence-corrected chi connectivity index (χ0v) is 8.59. The number of hydrogen-bond acceptors (Lipinski definition) is 2. The fraction of sp³-hybridized carbons (Fsp3) is 1.00. The third kappa shape index (κ3) is 1.64. The molecule has 1 aliphatic rings. The Kier molecular flexibility index (Phi) is 2.26. The highest BCUT2D eigenvalue weighted by Crippen LogP contribution is 2.50. The first-order chi connectivity index (χ1) is 5.27. The van der Waals surface area contributed by atoms with Crippen molar-refractivity contribution in [2.24, 2.45) is 17.1 Å². The summed E-state index contributed by atoms with van der Waals surface area (Å²) in [5, 5.41) is 10.1. The monoisotopic (exact) mass is 171 g/mol. The average molecular weight is 171 g/mol. The number of aliphatic hydroxyl groups is 1. The summed E-state index contributed by atoms with van der Waals surface area (Å²) in [6.07, 6.45) is 1.69. The van der Waals surface area contributed by atoms with Crippen LogP contribution < -0.4 is 5.73 Å². The Balaban J connectivity index is 2.55. The maximum atomic E-state index is 10.1. The van der Waals surface area contributed by atoms with E-state index in [1.807, 2.05) is 0 Å². The van der Waals surface area contributed by atoms with E-state index in [2.05, 4.69) is 27.7 Å². The standard InChI is InChI=1S/C10H21NO/c1-7(2)8(11)10(12)5-9(3,4)6-10/h7-8,12H,5-6,11H2,1-4H3. The molecule has 0 aromatic rings. The first-order valence-corrected chi connectivity index (χ1v) is 4.75. The van der Waals surface area contributed by atoms with Crippen LogP contribution in [0.25, 0.3) is 0 Å². The fourth-order valence-corrected chi connectivity index (χ4v) is 2.46. The van der Waals surface area contributed by atoms with E-state index in [4.69, 9.17) is 5.73 Å². The van der Waals surface area contributed by atoms with Crippen molar-refractivity contribution in [1.29, 1.82) is 0 Å². The van der Waals surface area contributed by atoms with Gasteiger partial charge in [0.25, 0.3) is 0 Å². The van der Waals surface area contributed by atoms with Crippen molar-refractivity contribution in [3.05, 3.63) is 0 Å². The van der Waals surface area contributed by atoms with Crippen LogP contribution in [-0.2, 0) is 0 Å². The van der Waals surface area contributed by atoms with Crippen molar-refractivity contribution >= 4 is 0 Å². The highest BCUT2D eigenvalue weighted by atomic mass is 16.3. The lowest BCUT2D eigenvalue weighted by atomic mass is 9.57. The predicted molar refractivity (Wildman–Crippen MR) is 50.8 cm³/mol. The molecule has 0 aliphatic heterocycles. The quantitative estimate of drug-likeness (QED) is 0.661. The summed E-state index contributed by atoms with van der Waals surface area (Å²) < 4.78 is 0. The van der Waals surface area contributed by atoms with Gasteiger partial charge in [0.15, 0.2) is 0 Å². The first kappa shape index (κ1) is 10.0. The number of nitrogens with two attached hydrogens (primary N) is 1. The second kappa shape index (κ2) is 2.71. The topological polar surface area (TPSA) is 46.2 Å². The highest BCUT2D eigenvalue weighted by Gasteiger charge is 2.51. The van der Waals surface area contributed by atoms with Crippen molar-refractivity contribution in [1.82, 2.24) is 0 Å². The minimum atomic E-state index is -0.586. The summed E-state index contributed by atoms with van der Waals surface area (Å²) in [6.45, 7) is 8.48. The van der Waals surface area contributed by atoms with Gasteiger partial charge in [-0.15, -0.1) is 0 Å². The maximum absolute atomic E-state index is 10.1. The second-order valence-electron chi connectivity index (χ2n) is 5.39. The van der Waals surface area contributed by atoms with E-state index >= 15 is 0 Å². The molecule has 12 heavy (non-hydrogen) atoms. The lowest BCUT2D eigenvalue weighted by Gasteiger charge is -2.53. The van der Waals surface area contributed by atoms with Gasteiger partial charge in [-0.25, -0.2) is 0 Å². The smallest absolute Gasteiger partial charge is 0.0810 e. The van der Waals surface area contributed by atoms with Crippen molar-refractivity contribution in [3.63, 3.8) is 0 Å². The van der Waals surface area contributed by atoms with Gasteiger partial charge in [0.2, 0.25) is 0 Å². The Morgan fingerprint density at radius 2 is 1.67 bits per heavy atom. The lowest BCUT2D eigenvalue weighted by molar-refractivity contribution is -0.135. The summed E-state index contributed by atoms with van der Waals surface area (Å²) in [5.41, 5.74) is 5.63. The van der Waals surface area contributed by atoms with Crippen LogP contribution in [0, 0.1) is 11.3 Å². The van der Waals surface area contributed by atoms with Gasteiger partial charge in [0, 0.05) is 6.04 Å². The zero-order valence-electron chi connectivity index (χ0n) is 8.59. The largest absolute Gasteiger partial charge is 0.388 e. The highest BCUT2D eigenvalue weighted by molar-refractivity contribution is 5.06. The summed E-state index contributed by atoms with van der Waals surface area (Å²) in [7, 11) is 0. The van der Waals surface area contributed by atoms with Crippen LogP contribution in [0.3, 0.4) is 0 Å². The molecule has 2 nitrogen and oxygen atoms in total. The predicted octanol–water partition coefficient (Wildman–Crippen LogP) is 1.52. The molecule has 3 N–H and O–H groups in total. The van der Waals surface area contributed by atoms with Crippen LogP contribution in [0.2, 0.25) is 0 Å². The summed E-state index contributed by atoms with van der Waals surface area (Å²) in [6, 6.07) is -0.0643. The molecule has 0 aromatic carbocycles. The van der Waals surface area contributed by atoms with Gasteiger partial charge in [0.05, 0.1) is 5.60 Å². The molecular weight excluding hydrogens is 150 g/mol. The average Bonchev–Trinajstić information content (AvgIpc) is 1.81. The van der Waals surface area contributed by atoms with Crippen molar-refractivity contribution in [2.75, 3.05) is 0 Å². The van der Waals surface area contributed by atoms with E-state index in [1.54, 1.807) is 0 Å². The maximum Gasteiger partial charge on any atom is 0.0810 e. The normalized spacial score (nSPS) is 28.2. The molecule has 1 unspecified atom stereocenters. The Morgan fingerprint density at radius 1 is 1.25 bits per heavy atom. The molecule has 1 saturated carbocycles. The molecule has 2 heteroatoms. The summed E-state index contributed by atoms with van der Waals surface area (Å²) in [4.78, 5) is 0. The van der Waals surface area contributed by atoms with Gasteiger partial charge in [0.1, 0.15) is 0 Å². The van der Waals surface area contributed by atoms with Crippen LogP contribution in [0.1, 0.15) is 40.5 Å². The Hall–Kier alpha value is -0.0800. The Bertz CT molecular complexity index is 167. The molecule has 0 saturated heterocycles. The molecule has 0 aromatic heterocycles. The molecular formula is C10H21NO. The van der Waals surface area contributed by atoms with E-state index in [9.17, 15) is 5.11 Å². The van der Waals surface area contributed by atoms with Crippen molar-refractivity contribution in [3.8, 4) is 0 Å². The number of hydrogen-bond donors (Lipinski definition) is 2.